The van der Waals surface area contributed by atoms with Crippen LogP contribution in [0.1, 0.15) is 24.5 Å². The molecule has 0 aromatic carbocycles. The average Bonchev–Trinajstić information content (AvgIpc) is 2.24. The van der Waals surface area contributed by atoms with Gasteiger partial charge in [-0.05, 0) is 29.5 Å². The fraction of sp³-hybridized carbons (Fsp3) is 0.400. The number of rotatable bonds is 4. The molecule has 0 bridgehead atoms. The lowest BCUT2D eigenvalue weighted by atomic mass is 10.1. The molecule has 0 fully saturated rings. The number of halogens is 4. The monoisotopic (exact) mass is 359 g/mol. The van der Waals surface area contributed by atoms with Crippen LogP contribution >= 0.6 is 22.6 Å². The van der Waals surface area contributed by atoms with E-state index in [-0.39, 0.29) is 21.3 Å². The van der Waals surface area contributed by atoms with Crippen molar-refractivity contribution in [2.45, 2.75) is 19.8 Å². The molecule has 0 radical (unpaired) electrons. The van der Waals surface area contributed by atoms with E-state index in [1.807, 2.05) is 0 Å². The zero-order valence-corrected chi connectivity index (χ0v) is 11.0. The molecule has 7 heteroatoms. The number of hydrogen-bond donors (Lipinski definition) is 0. The van der Waals surface area contributed by atoms with Gasteiger partial charge in [-0.25, -0.2) is 13.8 Å². The SMILES string of the molecule is CCOC(=O)Cc1c(F)ncc(C(F)F)c1I. The number of alkyl halides is 2. The first-order chi connectivity index (χ1) is 7.97. The van der Waals surface area contributed by atoms with E-state index in [4.69, 9.17) is 0 Å². The smallest absolute Gasteiger partial charge is 0.310 e. The molecule has 0 N–H and O–H groups in total. The summed E-state index contributed by atoms with van der Waals surface area (Å²) in [6, 6.07) is 0. The summed E-state index contributed by atoms with van der Waals surface area (Å²) < 4.78 is 43.1. The first-order valence-electron chi connectivity index (χ1n) is 4.73. The molecule has 1 heterocycles. The molecule has 0 aliphatic rings. The zero-order chi connectivity index (χ0) is 13.0. The van der Waals surface area contributed by atoms with Crippen LogP contribution in [0.5, 0.6) is 0 Å². The number of carbonyl (C=O) groups is 1. The number of esters is 1. The van der Waals surface area contributed by atoms with E-state index in [0.29, 0.717) is 0 Å². The van der Waals surface area contributed by atoms with Gasteiger partial charge in [0.05, 0.1) is 13.0 Å². The summed E-state index contributed by atoms with van der Waals surface area (Å²) in [7, 11) is 0. The Hall–Kier alpha value is -0.860. The van der Waals surface area contributed by atoms with Crippen molar-refractivity contribution < 1.29 is 22.7 Å². The number of ether oxygens (including phenoxy) is 1. The lowest BCUT2D eigenvalue weighted by Gasteiger charge is -2.09. The van der Waals surface area contributed by atoms with Crippen LogP contribution in [0.3, 0.4) is 0 Å². The minimum Gasteiger partial charge on any atom is -0.466 e. The molecule has 17 heavy (non-hydrogen) atoms. The Kier molecular flexibility index (Phi) is 5.16. The topological polar surface area (TPSA) is 39.2 Å². The van der Waals surface area contributed by atoms with Gasteiger partial charge >= 0.3 is 5.97 Å². The van der Waals surface area contributed by atoms with Crippen molar-refractivity contribution in [1.29, 1.82) is 0 Å². The molecule has 1 aromatic rings. The van der Waals surface area contributed by atoms with Crippen LogP contribution < -0.4 is 0 Å². The second-order valence-electron chi connectivity index (χ2n) is 3.08. The van der Waals surface area contributed by atoms with Crippen molar-refractivity contribution in [2.75, 3.05) is 6.61 Å². The molecule has 1 aromatic heterocycles. The van der Waals surface area contributed by atoms with E-state index in [1.54, 1.807) is 29.5 Å². The molecule has 94 valence electrons. The van der Waals surface area contributed by atoms with Gasteiger partial charge in [-0.3, -0.25) is 4.79 Å². The number of aromatic nitrogens is 1. The van der Waals surface area contributed by atoms with Gasteiger partial charge in [0.2, 0.25) is 5.95 Å². The van der Waals surface area contributed by atoms with Crippen molar-refractivity contribution >= 4 is 28.6 Å². The summed E-state index contributed by atoms with van der Waals surface area (Å²) in [5.74, 6) is -1.59. The second-order valence-corrected chi connectivity index (χ2v) is 4.16. The van der Waals surface area contributed by atoms with Gasteiger partial charge in [0.1, 0.15) is 0 Å². The number of carbonyl (C=O) groups excluding carboxylic acids is 1. The van der Waals surface area contributed by atoms with Crippen molar-refractivity contribution in [3.8, 4) is 0 Å². The zero-order valence-electron chi connectivity index (χ0n) is 8.84. The molecule has 3 nitrogen and oxygen atoms in total. The van der Waals surface area contributed by atoms with E-state index >= 15 is 0 Å². The molecule has 0 saturated heterocycles. The van der Waals surface area contributed by atoms with Crippen LogP contribution in [-0.2, 0) is 16.0 Å². The first-order valence-corrected chi connectivity index (χ1v) is 5.81. The van der Waals surface area contributed by atoms with Crippen LogP contribution in [0.2, 0.25) is 0 Å². The largest absolute Gasteiger partial charge is 0.466 e. The van der Waals surface area contributed by atoms with E-state index in [1.165, 1.54) is 0 Å². The van der Waals surface area contributed by atoms with Gasteiger partial charge in [-0.15, -0.1) is 0 Å². The first kappa shape index (κ1) is 14.2. The maximum atomic E-state index is 13.3. The summed E-state index contributed by atoms with van der Waals surface area (Å²) in [5.41, 5.74) is -0.534. The highest BCUT2D eigenvalue weighted by molar-refractivity contribution is 14.1. The fourth-order valence-corrected chi connectivity index (χ4v) is 1.97. The van der Waals surface area contributed by atoms with E-state index in [2.05, 4.69) is 9.72 Å². The predicted molar refractivity (Wildman–Crippen MR) is 62.2 cm³/mol. The van der Waals surface area contributed by atoms with Gasteiger partial charge in [0, 0.05) is 20.9 Å². The number of hydrogen-bond acceptors (Lipinski definition) is 3. The van der Waals surface area contributed by atoms with Gasteiger partial charge in [-0.1, -0.05) is 0 Å². The molecular formula is C10H9F3INO2. The summed E-state index contributed by atoms with van der Waals surface area (Å²) >= 11 is 1.58. The third kappa shape index (κ3) is 3.55. The molecule has 0 aliphatic heterocycles. The summed E-state index contributed by atoms with van der Waals surface area (Å²) in [4.78, 5) is 14.4. The fourth-order valence-electron chi connectivity index (χ4n) is 1.18. The second kappa shape index (κ2) is 6.18. The van der Waals surface area contributed by atoms with Crippen molar-refractivity contribution in [3.05, 3.63) is 26.8 Å². The predicted octanol–water partition coefficient (Wildman–Crippen LogP) is 2.87. The Bertz CT molecular complexity index is 426. The van der Waals surface area contributed by atoms with Crippen LogP contribution in [0.25, 0.3) is 0 Å². The summed E-state index contributed by atoms with van der Waals surface area (Å²) in [6.07, 6.45) is -2.38. The van der Waals surface area contributed by atoms with E-state index in [0.717, 1.165) is 6.20 Å². The Morgan fingerprint density at radius 2 is 2.24 bits per heavy atom. The standard InChI is InChI=1S/C10H9F3INO2/c1-2-17-7(16)3-5-8(14)6(9(11)12)4-15-10(5)13/h4,9H,2-3H2,1H3. The van der Waals surface area contributed by atoms with Crippen LogP contribution in [0.4, 0.5) is 13.2 Å². The summed E-state index contributed by atoms with van der Waals surface area (Å²) in [6.45, 7) is 1.76. The van der Waals surface area contributed by atoms with Crippen molar-refractivity contribution in [3.63, 3.8) is 0 Å². The maximum absolute atomic E-state index is 13.3. The van der Waals surface area contributed by atoms with Gasteiger partial charge in [0.25, 0.3) is 6.43 Å². The molecule has 1 rings (SSSR count). The third-order valence-electron chi connectivity index (χ3n) is 1.95. The van der Waals surface area contributed by atoms with Crippen molar-refractivity contribution in [2.24, 2.45) is 0 Å². The lowest BCUT2D eigenvalue weighted by molar-refractivity contribution is -0.142. The average molecular weight is 359 g/mol. The van der Waals surface area contributed by atoms with Gasteiger partial charge in [-0.2, -0.15) is 4.39 Å². The molecular weight excluding hydrogens is 350 g/mol. The van der Waals surface area contributed by atoms with Gasteiger partial charge < -0.3 is 4.74 Å². The quantitative estimate of drug-likeness (QED) is 0.472. The van der Waals surface area contributed by atoms with Gasteiger partial charge in [0.15, 0.2) is 0 Å². The molecule has 0 unspecified atom stereocenters. The normalized spacial score (nSPS) is 10.7. The van der Waals surface area contributed by atoms with Crippen LogP contribution in [0, 0.1) is 9.52 Å². The van der Waals surface area contributed by atoms with E-state index < -0.39 is 24.8 Å². The third-order valence-corrected chi connectivity index (χ3v) is 3.22. The summed E-state index contributed by atoms with van der Waals surface area (Å²) in [5, 5.41) is 0. The van der Waals surface area contributed by atoms with Crippen LogP contribution in [-0.4, -0.2) is 17.6 Å². The molecule has 0 aliphatic carbocycles. The minimum absolute atomic E-state index is 0.0122. The maximum Gasteiger partial charge on any atom is 0.310 e. The Balaban J connectivity index is 3.05. The minimum atomic E-state index is -2.75. The Morgan fingerprint density at radius 3 is 2.76 bits per heavy atom. The molecule has 0 spiro atoms. The van der Waals surface area contributed by atoms with Crippen molar-refractivity contribution in [1.82, 2.24) is 4.98 Å². The molecule has 0 atom stereocenters. The highest BCUT2D eigenvalue weighted by atomic mass is 127. The molecule has 0 saturated carbocycles. The Morgan fingerprint density at radius 1 is 1.59 bits per heavy atom. The lowest BCUT2D eigenvalue weighted by Crippen LogP contribution is -2.12. The Labute approximate surface area is 110 Å². The highest BCUT2D eigenvalue weighted by Crippen LogP contribution is 2.27. The highest BCUT2D eigenvalue weighted by Gasteiger charge is 2.20. The molecule has 0 amide bonds. The van der Waals surface area contributed by atoms with E-state index in [9.17, 15) is 18.0 Å². The van der Waals surface area contributed by atoms with Crippen LogP contribution in [0.15, 0.2) is 6.20 Å². The number of nitrogens with zero attached hydrogens (tertiary/aromatic N) is 1. The number of pyridine rings is 1.